The van der Waals surface area contributed by atoms with Gasteiger partial charge >= 0.3 is 0 Å². The monoisotopic (exact) mass is 676 g/mol. The van der Waals surface area contributed by atoms with Crippen molar-refractivity contribution in [1.29, 1.82) is 0 Å². The van der Waals surface area contributed by atoms with Crippen molar-refractivity contribution < 1.29 is 0 Å². The Kier molecular flexibility index (Phi) is 7.43. The molecule has 0 spiro atoms. The second kappa shape index (κ2) is 12.9. The zero-order valence-electron chi connectivity index (χ0n) is 28.8. The highest BCUT2D eigenvalue weighted by molar-refractivity contribution is 6.10. The van der Waals surface area contributed by atoms with Crippen LogP contribution in [0, 0.1) is 0 Å². The van der Waals surface area contributed by atoms with Crippen LogP contribution >= 0.6 is 0 Å². The molecule has 2 aromatic heterocycles. The Hall–Kier alpha value is -7.17. The standard InChI is InChI=1S/C49H32N4/c1-3-15-33(16-4-1)36-21-13-22-38(31-36)48-50-47(35-18-5-2-6-19-35)51-49(52-48)43-30-29-37(40-26-14-20-34-17-7-8-23-39(34)40)32-46(43)53-44-27-11-9-24-41(44)42-25-10-12-28-45(42)53/h1-32H. The van der Waals surface area contributed by atoms with E-state index < -0.39 is 0 Å². The van der Waals surface area contributed by atoms with Crippen LogP contribution in [-0.4, -0.2) is 19.5 Å². The number of aromatic nitrogens is 4. The molecule has 10 aromatic rings. The van der Waals surface area contributed by atoms with Gasteiger partial charge in [-0.3, -0.25) is 0 Å². The quantitative estimate of drug-likeness (QED) is 0.176. The Bertz CT molecular complexity index is 2890. The number of hydrogen-bond donors (Lipinski definition) is 0. The molecule has 10 rings (SSSR count). The smallest absolute Gasteiger partial charge is 0.166 e. The highest BCUT2D eigenvalue weighted by Gasteiger charge is 2.20. The first kappa shape index (κ1) is 30.6. The molecule has 2 heterocycles. The number of fused-ring (bicyclic) bond motifs is 4. The van der Waals surface area contributed by atoms with Crippen molar-refractivity contribution in [3.63, 3.8) is 0 Å². The summed E-state index contributed by atoms with van der Waals surface area (Å²) in [5.74, 6) is 1.86. The molecule has 8 aromatic carbocycles. The first-order valence-corrected chi connectivity index (χ1v) is 17.9. The lowest BCUT2D eigenvalue weighted by Crippen LogP contribution is -2.04. The molecule has 0 unspecified atom stereocenters. The number of rotatable bonds is 6. The second-order valence-electron chi connectivity index (χ2n) is 13.2. The lowest BCUT2D eigenvalue weighted by Gasteiger charge is -2.17. The van der Waals surface area contributed by atoms with E-state index in [2.05, 4.69) is 174 Å². The van der Waals surface area contributed by atoms with Crippen molar-refractivity contribution in [3.05, 3.63) is 194 Å². The molecule has 0 aliphatic heterocycles. The van der Waals surface area contributed by atoms with Gasteiger partial charge in [0.15, 0.2) is 17.5 Å². The van der Waals surface area contributed by atoms with Crippen molar-refractivity contribution in [1.82, 2.24) is 19.5 Å². The fourth-order valence-corrected chi connectivity index (χ4v) is 7.54. The summed E-state index contributed by atoms with van der Waals surface area (Å²) in [7, 11) is 0. The van der Waals surface area contributed by atoms with E-state index in [9.17, 15) is 0 Å². The summed E-state index contributed by atoms with van der Waals surface area (Å²) in [4.78, 5) is 15.6. The molecule has 248 valence electrons. The first-order chi connectivity index (χ1) is 26.3. The third-order valence-electron chi connectivity index (χ3n) is 10.1. The normalized spacial score (nSPS) is 11.4. The minimum absolute atomic E-state index is 0.611. The van der Waals surface area contributed by atoms with Gasteiger partial charge < -0.3 is 4.57 Å². The summed E-state index contributed by atoms with van der Waals surface area (Å²) in [6, 6.07) is 68.1. The molecule has 0 amide bonds. The van der Waals surface area contributed by atoms with Crippen LogP contribution in [0.15, 0.2) is 194 Å². The van der Waals surface area contributed by atoms with Crippen LogP contribution in [-0.2, 0) is 0 Å². The topological polar surface area (TPSA) is 43.6 Å². The van der Waals surface area contributed by atoms with Crippen molar-refractivity contribution in [2.45, 2.75) is 0 Å². The van der Waals surface area contributed by atoms with E-state index in [0.29, 0.717) is 17.5 Å². The lowest BCUT2D eigenvalue weighted by molar-refractivity contribution is 1.06. The van der Waals surface area contributed by atoms with Crippen molar-refractivity contribution in [2.75, 3.05) is 0 Å². The average molecular weight is 677 g/mol. The van der Waals surface area contributed by atoms with E-state index in [4.69, 9.17) is 15.0 Å². The van der Waals surface area contributed by atoms with Crippen LogP contribution in [0.5, 0.6) is 0 Å². The van der Waals surface area contributed by atoms with Crippen molar-refractivity contribution >= 4 is 32.6 Å². The van der Waals surface area contributed by atoms with Crippen molar-refractivity contribution in [2.24, 2.45) is 0 Å². The van der Waals surface area contributed by atoms with Crippen LogP contribution in [0.3, 0.4) is 0 Å². The molecular formula is C49H32N4. The fourth-order valence-electron chi connectivity index (χ4n) is 7.54. The predicted octanol–water partition coefficient (Wildman–Crippen LogP) is 12.5. The minimum atomic E-state index is 0.611. The van der Waals surface area contributed by atoms with Gasteiger partial charge in [-0.2, -0.15) is 0 Å². The third kappa shape index (κ3) is 5.45. The molecule has 0 saturated carbocycles. The highest BCUT2D eigenvalue weighted by Crippen LogP contribution is 2.39. The minimum Gasteiger partial charge on any atom is -0.308 e. The summed E-state index contributed by atoms with van der Waals surface area (Å²) in [5.41, 5.74) is 10.6. The predicted molar refractivity (Wildman–Crippen MR) is 219 cm³/mol. The van der Waals surface area contributed by atoms with Gasteiger partial charge in [0, 0.05) is 27.5 Å². The molecule has 53 heavy (non-hydrogen) atoms. The van der Waals surface area contributed by atoms with Gasteiger partial charge in [-0.05, 0) is 63.4 Å². The zero-order chi connectivity index (χ0) is 35.1. The number of benzene rings is 8. The average Bonchev–Trinajstić information content (AvgIpc) is 3.58. The molecule has 0 saturated heterocycles. The summed E-state index contributed by atoms with van der Waals surface area (Å²) in [5, 5.41) is 4.81. The van der Waals surface area contributed by atoms with E-state index in [1.807, 2.05) is 24.3 Å². The molecule has 0 N–H and O–H groups in total. The number of nitrogens with zero attached hydrogens (tertiary/aromatic N) is 4. The molecule has 4 heteroatoms. The third-order valence-corrected chi connectivity index (χ3v) is 10.1. The molecule has 0 bridgehead atoms. The largest absolute Gasteiger partial charge is 0.308 e. The Balaban J connectivity index is 1.26. The fraction of sp³-hybridized carbons (Fsp3) is 0. The van der Waals surface area contributed by atoms with Gasteiger partial charge in [-0.15, -0.1) is 0 Å². The van der Waals surface area contributed by atoms with Gasteiger partial charge in [0.25, 0.3) is 0 Å². The molecule has 0 aliphatic rings. The number of para-hydroxylation sites is 2. The lowest BCUT2D eigenvalue weighted by atomic mass is 9.96. The van der Waals surface area contributed by atoms with E-state index >= 15 is 0 Å². The van der Waals surface area contributed by atoms with E-state index in [1.54, 1.807) is 0 Å². The van der Waals surface area contributed by atoms with Gasteiger partial charge in [-0.25, -0.2) is 15.0 Å². The SMILES string of the molecule is c1ccc(-c2cccc(-c3nc(-c4ccccc4)nc(-c4ccc(-c5cccc6ccccc56)cc4-n4c5ccccc5c5ccccc54)n3)c2)cc1. The molecule has 0 fully saturated rings. The van der Waals surface area contributed by atoms with Crippen LogP contribution in [0.4, 0.5) is 0 Å². The van der Waals surface area contributed by atoms with Crippen LogP contribution in [0.1, 0.15) is 0 Å². The van der Waals surface area contributed by atoms with Gasteiger partial charge in [0.1, 0.15) is 0 Å². The molecule has 0 aliphatic carbocycles. The summed E-state index contributed by atoms with van der Waals surface area (Å²) in [6.45, 7) is 0. The Labute approximate surface area is 307 Å². The number of hydrogen-bond acceptors (Lipinski definition) is 3. The second-order valence-corrected chi connectivity index (χ2v) is 13.2. The summed E-state index contributed by atoms with van der Waals surface area (Å²) >= 11 is 0. The molecule has 4 nitrogen and oxygen atoms in total. The maximum atomic E-state index is 5.28. The Morgan fingerprint density at radius 1 is 0.302 bits per heavy atom. The van der Waals surface area contributed by atoms with Crippen LogP contribution < -0.4 is 0 Å². The van der Waals surface area contributed by atoms with Gasteiger partial charge in [-0.1, -0.05) is 164 Å². The maximum absolute atomic E-state index is 5.28. The van der Waals surface area contributed by atoms with Gasteiger partial charge in [0.2, 0.25) is 0 Å². The molecule has 0 radical (unpaired) electrons. The maximum Gasteiger partial charge on any atom is 0.166 e. The first-order valence-electron chi connectivity index (χ1n) is 17.9. The molecular weight excluding hydrogens is 645 g/mol. The summed E-state index contributed by atoms with van der Waals surface area (Å²) in [6.07, 6.45) is 0. The van der Waals surface area contributed by atoms with E-state index in [1.165, 1.54) is 27.1 Å². The highest BCUT2D eigenvalue weighted by atomic mass is 15.1. The zero-order valence-corrected chi connectivity index (χ0v) is 28.8. The van der Waals surface area contributed by atoms with Crippen molar-refractivity contribution in [3.8, 4) is 62.1 Å². The van der Waals surface area contributed by atoms with E-state index in [-0.39, 0.29) is 0 Å². The van der Waals surface area contributed by atoms with Crippen LogP contribution in [0.25, 0.3) is 94.7 Å². The Morgan fingerprint density at radius 2 is 0.830 bits per heavy atom. The Morgan fingerprint density at radius 3 is 1.57 bits per heavy atom. The summed E-state index contributed by atoms with van der Waals surface area (Å²) < 4.78 is 2.37. The van der Waals surface area contributed by atoms with Crippen LogP contribution in [0.2, 0.25) is 0 Å². The van der Waals surface area contributed by atoms with E-state index in [0.717, 1.165) is 50.1 Å². The van der Waals surface area contributed by atoms with Gasteiger partial charge in [0.05, 0.1) is 16.7 Å². The molecule has 0 atom stereocenters.